The molecule has 0 aromatic heterocycles. The fourth-order valence-corrected chi connectivity index (χ4v) is 2.26. The highest BCUT2D eigenvalue weighted by Gasteiger charge is 2.39. The van der Waals surface area contributed by atoms with E-state index in [-0.39, 0.29) is 24.3 Å². The monoisotopic (exact) mass is 265 g/mol. The maximum Gasteiger partial charge on any atom is 0.326 e. The molecule has 6 heteroatoms. The Morgan fingerprint density at radius 1 is 1.37 bits per heavy atom. The Balaban J connectivity index is 2.33. The van der Waals surface area contributed by atoms with Crippen LogP contribution >= 0.6 is 0 Å². The van der Waals surface area contributed by atoms with E-state index in [1.54, 1.807) is 19.1 Å². The number of benzene rings is 1. The number of carboxylic acid groups (broad SMARTS) is 1. The molecule has 0 bridgehead atoms. The summed E-state index contributed by atoms with van der Waals surface area (Å²) in [6.45, 7) is 1.61. The van der Waals surface area contributed by atoms with Crippen LogP contribution in [0.3, 0.4) is 0 Å². The molecule has 2 rings (SSSR count). The lowest BCUT2D eigenvalue weighted by molar-refractivity contribution is -0.141. The number of aryl methyl sites for hydroxylation is 1. The number of para-hydroxylation sites is 1. The molecule has 102 valence electrons. The van der Waals surface area contributed by atoms with Gasteiger partial charge in [-0.1, -0.05) is 12.1 Å². The van der Waals surface area contributed by atoms with Gasteiger partial charge in [0.05, 0.1) is 11.7 Å². The highest BCUT2D eigenvalue weighted by Crippen LogP contribution is 2.27. The van der Waals surface area contributed by atoms with E-state index in [9.17, 15) is 19.8 Å². The van der Waals surface area contributed by atoms with Gasteiger partial charge in [-0.05, 0) is 18.6 Å². The van der Waals surface area contributed by atoms with Gasteiger partial charge in [0.15, 0.2) is 0 Å². The summed E-state index contributed by atoms with van der Waals surface area (Å²) in [5, 5.41) is 28.4. The zero-order chi connectivity index (χ0) is 14.2. The van der Waals surface area contributed by atoms with Crippen molar-refractivity contribution in [3.63, 3.8) is 0 Å². The largest absolute Gasteiger partial charge is 0.507 e. The highest BCUT2D eigenvalue weighted by molar-refractivity contribution is 5.99. The number of hydrogen-bond acceptors (Lipinski definition) is 4. The van der Waals surface area contributed by atoms with E-state index in [0.717, 1.165) is 4.90 Å². The van der Waals surface area contributed by atoms with Gasteiger partial charge in [-0.25, -0.2) is 4.79 Å². The summed E-state index contributed by atoms with van der Waals surface area (Å²) < 4.78 is 0. The summed E-state index contributed by atoms with van der Waals surface area (Å²) in [6.07, 6.45) is -0.842. The van der Waals surface area contributed by atoms with Crippen molar-refractivity contribution in [2.45, 2.75) is 25.5 Å². The molecule has 0 aliphatic carbocycles. The summed E-state index contributed by atoms with van der Waals surface area (Å²) in [5.74, 6) is -1.89. The van der Waals surface area contributed by atoms with Gasteiger partial charge < -0.3 is 20.2 Å². The van der Waals surface area contributed by atoms with Gasteiger partial charge in [0.2, 0.25) is 0 Å². The number of amides is 1. The van der Waals surface area contributed by atoms with Crippen LogP contribution in [0.4, 0.5) is 0 Å². The van der Waals surface area contributed by atoms with Crippen LogP contribution in [0.5, 0.6) is 5.75 Å². The number of nitrogens with zero attached hydrogens (tertiary/aromatic N) is 1. The number of aliphatic carboxylic acids is 1. The lowest BCUT2D eigenvalue weighted by Gasteiger charge is -2.21. The van der Waals surface area contributed by atoms with E-state index in [0.29, 0.717) is 5.56 Å². The molecule has 0 unspecified atom stereocenters. The number of β-amino-alcohol motifs (C(OH)–C–C–N with tert-alkyl or cyclic N) is 1. The number of likely N-dealkylation sites (tertiary alicyclic amines) is 1. The maximum atomic E-state index is 12.3. The Morgan fingerprint density at radius 3 is 2.68 bits per heavy atom. The molecule has 6 nitrogen and oxygen atoms in total. The molecule has 1 aromatic carbocycles. The standard InChI is InChI=1S/C13H15NO5/c1-7-3-2-4-9(11(7)16)12(17)14-6-8(15)5-10(14)13(18)19/h2-4,8,10,15-16H,5-6H2,1H3,(H,18,19)/t8-,10-/m0/s1. The van der Waals surface area contributed by atoms with Crippen molar-refractivity contribution in [1.82, 2.24) is 4.90 Å². The lowest BCUT2D eigenvalue weighted by atomic mass is 10.1. The first-order valence-corrected chi connectivity index (χ1v) is 5.92. The van der Waals surface area contributed by atoms with E-state index in [2.05, 4.69) is 0 Å². The first kappa shape index (κ1) is 13.4. The fourth-order valence-electron chi connectivity index (χ4n) is 2.26. The average molecular weight is 265 g/mol. The van der Waals surface area contributed by atoms with E-state index in [1.165, 1.54) is 6.07 Å². The van der Waals surface area contributed by atoms with E-state index in [4.69, 9.17) is 5.11 Å². The van der Waals surface area contributed by atoms with Crippen molar-refractivity contribution in [2.24, 2.45) is 0 Å². The second kappa shape index (κ2) is 4.89. The topological polar surface area (TPSA) is 98.1 Å². The molecule has 1 aliphatic heterocycles. The number of carbonyl (C=O) groups excluding carboxylic acids is 1. The summed E-state index contributed by atoms with van der Waals surface area (Å²) in [6, 6.07) is 3.65. The van der Waals surface area contributed by atoms with Gasteiger partial charge >= 0.3 is 5.97 Å². The third-order valence-electron chi connectivity index (χ3n) is 3.29. The zero-order valence-corrected chi connectivity index (χ0v) is 10.4. The van der Waals surface area contributed by atoms with Gasteiger partial charge in [-0.2, -0.15) is 0 Å². The van der Waals surface area contributed by atoms with Crippen molar-refractivity contribution in [3.05, 3.63) is 29.3 Å². The quantitative estimate of drug-likeness (QED) is 0.717. The van der Waals surface area contributed by atoms with Gasteiger partial charge in [0.1, 0.15) is 11.8 Å². The second-order valence-electron chi connectivity index (χ2n) is 4.67. The number of carboxylic acids is 1. The first-order chi connectivity index (χ1) is 8.91. The maximum absolute atomic E-state index is 12.3. The van der Waals surface area contributed by atoms with Gasteiger partial charge in [-0.15, -0.1) is 0 Å². The molecule has 0 saturated carbocycles. The Hall–Kier alpha value is -2.08. The van der Waals surface area contributed by atoms with Crippen LogP contribution in [0, 0.1) is 6.92 Å². The number of aromatic hydroxyl groups is 1. The number of carbonyl (C=O) groups is 2. The number of hydrogen-bond donors (Lipinski definition) is 3. The van der Waals surface area contributed by atoms with Crippen molar-refractivity contribution in [3.8, 4) is 5.75 Å². The van der Waals surface area contributed by atoms with Crippen LogP contribution in [-0.2, 0) is 4.79 Å². The third kappa shape index (κ3) is 2.39. The molecule has 1 amide bonds. The van der Waals surface area contributed by atoms with Crippen LogP contribution in [0.1, 0.15) is 22.3 Å². The van der Waals surface area contributed by atoms with Crippen molar-refractivity contribution in [1.29, 1.82) is 0 Å². The number of rotatable bonds is 2. The molecule has 0 radical (unpaired) electrons. The van der Waals surface area contributed by atoms with Crippen LogP contribution in [0.2, 0.25) is 0 Å². The molecule has 2 atom stereocenters. The van der Waals surface area contributed by atoms with E-state index >= 15 is 0 Å². The first-order valence-electron chi connectivity index (χ1n) is 5.92. The minimum atomic E-state index is -1.16. The SMILES string of the molecule is Cc1cccc(C(=O)N2C[C@@H](O)C[C@H]2C(=O)O)c1O. The predicted molar refractivity (Wildman–Crippen MR) is 65.9 cm³/mol. The zero-order valence-electron chi connectivity index (χ0n) is 10.4. The molecule has 3 N–H and O–H groups in total. The molecule has 1 aromatic rings. The van der Waals surface area contributed by atoms with Crippen LogP contribution in [0.25, 0.3) is 0 Å². The Labute approximate surface area is 109 Å². The number of aliphatic hydroxyl groups is 1. The Kier molecular flexibility index (Phi) is 3.44. The summed E-state index contributed by atoms with van der Waals surface area (Å²) in [5.41, 5.74) is 0.595. The van der Waals surface area contributed by atoms with E-state index < -0.39 is 24.0 Å². The van der Waals surface area contributed by atoms with Crippen LogP contribution in [0.15, 0.2) is 18.2 Å². The molecule has 1 heterocycles. The number of phenolic OH excluding ortho intramolecular Hbond substituents is 1. The van der Waals surface area contributed by atoms with Crippen LogP contribution < -0.4 is 0 Å². The number of phenols is 1. The minimum absolute atomic E-state index is 0.00759. The Bertz CT molecular complexity index is 528. The average Bonchev–Trinajstić information content (AvgIpc) is 2.74. The highest BCUT2D eigenvalue weighted by atomic mass is 16.4. The fraction of sp³-hybridized carbons (Fsp3) is 0.385. The van der Waals surface area contributed by atoms with Crippen molar-refractivity contribution < 1.29 is 24.9 Å². The van der Waals surface area contributed by atoms with Crippen molar-refractivity contribution in [2.75, 3.05) is 6.54 Å². The molecular formula is C13H15NO5. The second-order valence-corrected chi connectivity index (χ2v) is 4.67. The third-order valence-corrected chi connectivity index (χ3v) is 3.29. The molecular weight excluding hydrogens is 250 g/mol. The summed E-state index contributed by atoms with van der Waals surface area (Å²) in [7, 11) is 0. The van der Waals surface area contributed by atoms with E-state index in [1.807, 2.05) is 0 Å². The molecule has 1 saturated heterocycles. The minimum Gasteiger partial charge on any atom is -0.507 e. The van der Waals surface area contributed by atoms with Crippen molar-refractivity contribution >= 4 is 11.9 Å². The number of aliphatic hydroxyl groups excluding tert-OH is 1. The lowest BCUT2D eigenvalue weighted by Crippen LogP contribution is -2.40. The molecule has 0 spiro atoms. The van der Waals surface area contributed by atoms with Gasteiger partial charge in [0, 0.05) is 13.0 Å². The molecule has 19 heavy (non-hydrogen) atoms. The molecule has 1 fully saturated rings. The van der Waals surface area contributed by atoms with Gasteiger partial charge in [-0.3, -0.25) is 4.79 Å². The smallest absolute Gasteiger partial charge is 0.326 e. The Morgan fingerprint density at radius 2 is 2.05 bits per heavy atom. The predicted octanol–water partition coefficient (Wildman–Crippen LogP) is 0.361. The van der Waals surface area contributed by atoms with Crippen LogP contribution in [-0.4, -0.2) is 50.8 Å². The summed E-state index contributed by atoms with van der Waals surface area (Å²) >= 11 is 0. The summed E-state index contributed by atoms with van der Waals surface area (Å²) in [4.78, 5) is 24.4. The van der Waals surface area contributed by atoms with Gasteiger partial charge in [0.25, 0.3) is 5.91 Å². The normalized spacial score (nSPS) is 22.5. The molecule has 1 aliphatic rings.